The summed E-state index contributed by atoms with van der Waals surface area (Å²) >= 11 is 1.75. The van der Waals surface area contributed by atoms with Gasteiger partial charge in [-0.15, -0.1) is 11.3 Å². The van der Waals surface area contributed by atoms with Crippen molar-refractivity contribution in [2.45, 2.75) is 40.3 Å². The molecule has 0 amide bonds. The first kappa shape index (κ1) is 15.0. The molecule has 20 heavy (non-hydrogen) atoms. The van der Waals surface area contributed by atoms with Gasteiger partial charge in [0.15, 0.2) is 0 Å². The third kappa shape index (κ3) is 3.81. The summed E-state index contributed by atoms with van der Waals surface area (Å²) in [6.45, 7) is 9.95. The maximum Gasteiger partial charge on any atom is 0.124 e. The first-order valence-electron chi connectivity index (χ1n) is 7.03. The fourth-order valence-electron chi connectivity index (χ4n) is 1.90. The molecule has 108 valence electrons. The van der Waals surface area contributed by atoms with Crippen LogP contribution in [0.2, 0.25) is 0 Å². The summed E-state index contributed by atoms with van der Waals surface area (Å²) in [6.07, 6.45) is 0. The van der Waals surface area contributed by atoms with E-state index in [0.29, 0.717) is 12.6 Å². The Hall–Kier alpha value is -1.39. The van der Waals surface area contributed by atoms with Gasteiger partial charge >= 0.3 is 0 Å². The smallest absolute Gasteiger partial charge is 0.124 e. The number of aromatic nitrogens is 1. The largest absolute Gasteiger partial charge is 0.494 e. The highest BCUT2D eigenvalue weighted by Gasteiger charge is 2.10. The molecule has 0 aliphatic rings. The molecule has 2 aromatic rings. The summed E-state index contributed by atoms with van der Waals surface area (Å²) in [4.78, 5) is 5.98. The molecule has 1 heterocycles. The summed E-state index contributed by atoms with van der Waals surface area (Å²) in [5.41, 5.74) is 2.24. The van der Waals surface area contributed by atoms with Crippen LogP contribution < -0.4 is 10.1 Å². The van der Waals surface area contributed by atoms with Crippen molar-refractivity contribution < 1.29 is 4.74 Å². The average molecular weight is 290 g/mol. The fourth-order valence-corrected chi connectivity index (χ4v) is 2.91. The molecule has 1 aromatic heterocycles. The van der Waals surface area contributed by atoms with E-state index in [4.69, 9.17) is 4.74 Å². The number of thiazole rings is 1. The van der Waals surface area contributed by atoms with Crippen LogP contribution >= 0.6 is 11.3 Å². The van der Waals surface area contributed by atoms with Crippen molar-refractivity contribution >= 4 is 11.3 Å². The maximum atomic E-state index is 5.55. The molecule has 1 N–H and O–H groups in total. The van der Waals surface area contributed by atoms with E-state index < -0.39 is 0 Å². The molecule has 0 saturated carbocycles. The second kappa shape index (κ2) is 6.86. The molecule has 0 unspecified atom stereocenters. The molecule has 0 spiro atoms. The average Bonchev–Trinajstić information content (AvgIpc) is 2.78. The lowest BCUT2D eigenvalue weighted by Gasteiger charge is -2.06. The van der Waals surface area contributed by atoms with Crippen LogP contribution in [0.1, 0.15) is 31.3 Å². The van der Waals surface area contributed by atoms with Crippen LogP contribution in [0, 0.1) is 6.92 Å². The van der Waals surface area contributed by atoms with Gasteiger partial charge in [-0.3, -0.25) is 0 Å². The van der Waals surface area contributed by atoms with Crippen molar-refractivity contribution in [1.82, 2.24) is 10.3 Å². The Kier molecular flexibility index (Phi) is 5.15. The van der Waals surface area contributed by atoms with Gasteiger partial charge in [-0.25, -0.2) is 4.98 Å². The van der Waals surface area contributed by atoms with Gasteiger partial charge in [0.25, 0.3) is 0 Å². The predicted molar refractivity (Wildman–Crippen MR) is 85.4 cm³/mol. The molecular formula is C16H22N2OS. The summed E-state index contributed by atoms with van der Waals surface area (Å²) in [6, 6.07) is 8.63. The van der Waals surface area contributed by atoms with E-state index in [2.05, 4.69) is 43.2 Å². The summed E-state index contributed by atoms with van der Waals surface area (Å²) in [5, 5.41) is 4.50. The van der Waals surface area contributed by atoms with Gasteiger partial charge in [0.05, 0.1) is 12.3 Å². The summed E-state index contributed by atoms with van der Waals surface area (Å²) < 4.78 is 5.55. The minimum atomic E-state index is 0.487. The van der Waals surface area contributed by atoms with Crippen LogP contribution in [0.4, 0.5) is 0 Å². The maximum absolute atomic E-state index is 5.55. The molecule has 1 aromatic carbocycles. The summed E-state index contributed by atoms with van der Waals surface area (Å²) in [7, 11) is 0. The van der Waals surface area contributed by atoms with Crippen molar-refractivity contribution in [2.75, 3.05) is 6.61 Å². The van der Waals surface area contributed by atoms with E-state index in [9.17, 15) is 0 Å². The van der Waals surface area contributed by atoms with Gasteiger partial charge in [0, 0.05) is 23.0 Å². The van der Waals surface area contributed by atoms with Crippen LogP contribution in [0.15, 0.2) is 24.3 Å². The molecule has 4 heteroatoms. The number of ether oxygens (including phenoxy) is 1. The number of aryl methyl sites for hydroxylation is 1. The third-order valence-electron chi connectivity index (χ3n) is 2.96. The van der Waals surface area contributed by atoms with E-state index in [1.165, 1.54) is 4.88 Å². The Labute approximate surface area is 125 Å². The highest BCUT2D eigenvalue weighted by atomic mass is 32.1. The van der Waals surface area contributed by atoms with Crippen molar-refractivity contribution in [1.29, 1.82) is 0 Å². The van der Waals surface area contributed by atoms with E-state index in [1.807, 2.05) is 19.1 Å². The van der Waals surface area contributed by atoms with Gasteiger partial charge in [0.2, 0.25) is 0 Å². The molecule has 0 radical (unpaired) electrons. The van der Waals surface area contributed by atoms with Gasteiger partial charge in [-0.05, 0) is 26.0 Å². The van der Waals surface area contributed by atoms with Crippen molar-refractivity contribution in [3.63, 3.8) is 0 Å². The molecule has 3 nitrogen and oxygen atoms in total. The van der Waals surface area contributed by atoms with E-state index in [0.717, 1.165) is 28.6 Å². The zero-order valence-corrected chi connectivity index (χ0v) is 13.4. The molecule has 0 fully saturated rings. The first-order valence-corrected chi connectivity index (χ1v) is 7.84. The van der Waals surface area contributed by atoms with Crippen LogP contribution in [-0.2, 0) is 6.54 Å². The SMILES string of the molecule is CCOc1cccc(-c2nc(C)c(CNC(C)C)s2)c1. The molecule has 2 rings (SSSR count). The second-order valence-corrected chi connectivity index (χ2v) is 6.11. The molecule has 0 atom stereocenters. The number of hydrogen-bond acceptors (Lipinski definition) is 4. The van der Waals surface area contributed by atoms with Crippen LogP contribution in [0.25, 0.3) is 10.6 Å². The number of rotatable bonds is 6. The normalized spacial score (nSPS) is 11.1. The van der Waals surface area contributed by atoms with Crippen LogP contribution in [0.5, 0.6) is 5.75 Å². The Balaban J connectivity index is 2.20. The van der Waals surface area contributed by atoms with Gasteiger partial charge in [-0.1, -0.05) is 26.0 Å². The first-order chi connectivity index (χ1) is 9.60. The minimum Gasteiger partial charge on any atom is -0.494 e. The number of hydrogen-bond donors (Lipinski definition) is 1. The lowest BCUT2D eigenvalue weighted by molar-refractivity contribution is 0.340. The highest BCUT2D eigenvalue weighted by Crippen LogP contribution is 2.30. The molecule has 0 saturated heterocycles. The number of nitrogens with zero attached hydrogens (tertiary/aromatic N) is 1. The lowest BCUT2D eigenvalue weighted by atomic mass is 10.2. The van der Waals surface area contributed by atoms with E-state index in [-0.39, 0.29) is 0 Å². The minimum absolute atomic E-state index is 0.487. The van der Waals surface area contributed by atoms with Gasteiger partial charge in [-0.2, -0.15) is 0 Å². The van der Waals surface area contributed by atoms with E-state index >= 15 is 0 Å². The Morgan fingerprint density at radius 1 is 1.35 bits per heavy atom. The number of nitrogens with one attached hydrogen (secondary N) is 1. The van der Waals surface area contributed by atoms with Crippen LogP contribution in [-0.4, -0.2) is 17.6 Å². The Morgan fingerprint density at radius 3 is 2.85 bits per heavy atom. The highest BCUT2D eigenvalue weighted by molar-refractivity contribution is 7.15. The van der Waals surface area contributed by atoms with Crippen molar-refractivity contribution in [2.24, 2.45) is 0 Å². The Morgan fingerprint density at radius 2 is 2.15 bits per heavy atom. The monoisotopic (exact) mass is 290 g/mol. The van der Waals surface area contributed by atoms with Crippen LogP contribution in [0.3, 0.4) is 0 Å². The van der Waals surface area contributed by atoms with Crippen molar-refractivity contribution in [3.05, 3.63) is 34.8 Å². The van der Waals surface area contributed by atoms with Gasteiger partial charge < -0.3 is 10.1 Å². The zero-order chi connectivity index (χ0) is 14.5. The molecule has 0 aliphatic heterocycles. The zero-order valence-electron chi connectivity index (χ0n) is 12.6. The summed E-state index contributed by atoms with van der Waals surface area (Å²) in [5.74, 6) is 0.903. The van der Waals surface area contributed by atoms with Gasteiger partial charge in [0.1, 0.15) is 10.8 Å². The second-order valence-electron chi connectivity index (χ2n) is 5.02. The third-order valence-corrected chi connectivity index (χ3v) is 4.16. The van der Waals surface area contributed by atoms with Crippen molar-refractivity contribution in [3.8, 4) is 16.3 Å². The van der Waals surface area contributed by atoms with E-state index in [1.54, 1.807) is 11.3 Å². The standard InChI is InChI=1S/C16H22N2OS/c1-5-19-14-8-6-7-13(9-14)16-18-12(4)15(20-16)10-17-11(2)3/h6-9,11,17H,5,10H2,1-4H3. The molecular weight excluding hydrogens is 268 g/mol. The quantitative estimate of drug-likeness (QED) is 0.872. The lowest BCUT2D eigenvalue weighted by Crippen LogP contribution is -2.21. The Bertz CT molecular complexity index is 563. The topological polar surface area (TPSA) is 34.1 Å². The molecule has 0 bridgehead atoms. The number of benzene rings is 1. The molecule has 0 aliphatic carbocycles. The fraction of sp³-hybridized carbons (Fsp3) is 0.438. The predicted octanol–water partition coefficient (Wildman–Crippen LogP) is 4.02.